The molecule has 0 fully saturated rings. The Morgan fingerprint density at radius 3 is 2.88 bits per heavy atom. The van der Waals surface area contributed by atoms with Crippen molar-refractivity contribution < 1.29 is 5.11 Å². The van der Waals surface area contributed by atoms with E-state index in [0.717, 1.165) is 5.56 Å². The zero-order valence-electron chi connectivity index (χ0n) is 8.84. The summed E-state index contributed by atoms with van der Waals surface area (Å²) in [5, 5.41) is 13.4. The van der Waals surface area contributed by atoms with Gasteiger partial charge >= 0.3 is 0 Å². The number of halogens is 1. The average Bonchev–Trinajstić information content (AvgIpc) is 2.35. The largest absolute Gasteiger partial charge is 0.507 e. The van der Waals surface area contributed by atoms with E-state index in [2.05, 4.69) is 31.4 Å². The van der Waals surface area contributed by atoms with Gasteiger partial charge in [0, 0.05) is 6.20 Å². The summed E-state index contributed by atoms with van der Waals surface area (Å²) < 4.78 is 0.638. The number of anilines is 1. The van der Waals surface area contributed by atoms with Crippen LogP contribution in [0.3, 0.4) is 0 Å². The molecule has 0 spiro atoms. The molecule has 2 rings (SSSR count). The van der Waals surface area contributed by atoms with Crippen LogP contribution < -0.4 is 5.43 Å². The van der Waals surface area contributed by atoms with Crippen LogP contribution in [-0.4, -0.2) is 16.3 Å². The number of hydrogen-bond donors (Lipinski definition) is 2. The minimum atomic E-state index is 0.208. The van der Waals surface area contributed by atoms with Crippen LogP contribution >= 0.6 is 15.9 Å². The highest BCUT2D eigenvalue weighted by Gasteiger charge is 1.97. The number of nitrogens with zero attached hydrogens (tertiary/aromatic N) is 2. The molecular weight excluding hydrogens is 282 g/mol. The van der Waals surface area contributed by atoms with Gasteiger partial charge in [0.15, 0.2) is 0 Å². The smallest absolute Gasteiger partial charge is 0.146 e. The predicted octanol–water partition coefficient (Wildman–Crippen LogP) is 3.00. The zero-order chi connectivity index (χ0) is 12.1. The number of rotatable bonds is 3. The van der Waals surface area contributed by atoms with E-state index in [1.54, 1.807) is 30.6 Å². The Bertz CT molecular complexity index is 529. The second kappa shape index (κ2) is 5.45. The standard InChI is InChI=1S/C12H10BrN3O/c13-10-7-9(4-5-11(10)17)8-15-16-12-3-1-2-6-14-12/h1-8,17H,(H,14,16)/b15-8-. The normalized spacial score (nSPS) is 10.6. The van der Waals surface area contributed by atoms with Crippen molar-refractivity contribution in [2.45, 2.75) is 0 Å². The van der Waals surface area contributed by atoms with Gasteiger partial charge in [-0.3, -0.25) is 5.43 Å². The summed E-state index contributed by atoms with van der Waals surface area (Å²) in [6, 6.07) is 10.7. The average molecular weight is 292 g/mol. The maximum absolute atomic E-state index is 9.33. The third kappa shape index (κ3) is 3.29. The Kier molecular flexibility index (Phi) is 3.72. The number of aromatic hydroxyl groups is 1. The third-order valence-corrected chi connectivity index (χ3v) is 2.66. The van der Waals surface area contributed by atoms with Gasteiger partial charge in [-0.2, -0.15) is 5.10 Å². The summed E-state index contributed by atoms with van der Waals surface area (Å²) in [6.07, 6.45) is 3.34. The van der Waals surface area contributed by atoms with Gasteiger partial charge in [-0.25, -0.2) is 4.98 Å². The summed E-state index contributed by atoms with van der Waals surface area (Å²) >= 11 is 3.24. The number of hydrogen-bond acceptors (Lipinski definition) is 4. The number of benzene rings is 1. The van der Waals surface area contributed by atoms with Gasteiger partial charge in [0.05, 0.1) is 10.7 Å². The summed E-state index contributed by atoms with van der Waals surface area (Å²) in [5.74, 6) is 0.890. The summed E-state index contributed by atoms with van der Waals surface area (Å²) in [4.78, 5) is 4.07. The van der Waals surface area contributed by atoms with Crippen molar-refractivity contribution in [3.8, 4) is 5.75 Å². The Morgan fingerprint density at radius 1 is 1.29 bits per heavy atom. The minimum absolute atomic E-state index is 0.208. The maximum Gasteiger partial charge on any atom is 0.146 e. The van der Waals surface area contributed by atoms with E-state index in [0.29, 0.717) is 10.3 Å². The molecule has 1 heterocycles. The maximum atomic E-state index is 9.33. The molecule has 0 aliphatic rings. The quantitative estimate of drug-likeness (QED) is 0.675. The third-order valence-electron chi connectivity index (χ3n) is 2.03. The van der Waals surface area contributed by atoms with Crippen molar-refractivity contribution in [3.05, 3.63) is 52.6 Å². The molecule has 2 N–H and O–H groups in total. The van der Waals surface area contributed by atoms with E-state index in [1.807, 2.05) is 18.2 Å². The number of nitrogens with one attached hydrogen (secondary N) is 1. The van der Waals surface area contributed by atoms with Crippen molar-refractivity contribution in [3.63, 3.8) is 0 Å². The van der Waals surface area contributed by atoms with Gasteiger partial charge in [-0.1, -0.05) is 6.07 Å². The van der Waals surface area contributed by atoms with Crippen LogP contribution in [0.25, 0.3) is 0 Å². The first-order valence-electron chi connectivity index (χ1n) is 4.94. The van der Waals surface area contributed by atoms with Crippen LogP contribution in [-0.2, 0) is 0 Å². The Morgan fingerprint density at radius 2 is 2.18 bits per heavy atom. The van der Waals surface area contributed by atoms with Gasteiger partial charge in [0.1, 0.15) is 11.6 Å². The van der Waals surface area contributed by atoms with Crippen molar-refractivity contribution >= 4 is 28.0 Å². The predicted molar refractivity (Wildman–Crippen MR) is 71.3 cm³/mol. The summed E-state index contributed by atoms with van der Waals surface area (Å²) in [5.41, 5.74) is 3.68. The molecule has 5 heteroatoms. The highest BCUT2D eigenvalue weighted by molar-refractivity contribution is 9.10. The number of pyridine rings is 1. The Hall–Kier alpha value is -1.88. The molecule has 0 saturated carbocycles. The molecule has 4 nitrogen and oxygen atoms in total. The number of phenolic OH excluding ortho intramolecular Hbond substituents is 1. The topological polar surface area (TPSA) is 57.5 Å². The first kappa shape index (κ1) is 11.6. The van der Waals surface area contributed by atoms with Crippen LogP contribution in [0.1, 0.15) is 5.56 Å². The molecule has 0 saturated heterocycles. The number of phenols is 1. The minimum Gasteiger partial charge on any atom is -0.507 e. The lowest BCUT2D eigenvalue weighted by atomic mass is 10.2. The first-order chi connectivity index (χ1) is 8.25. The fourth-order valence-electron chi connectivity index (χ4n) is 1.21. The van der Waals surface area contributed by atoms with Crippen molar-refractivity contribution in [1.29, 1.82) is 0 Å². The molecule has 0 bridgehead atoms. The molecule has 0 radical (unpaired) electrons. The van der Waals surface area contributed by atoms with E-state index >= 15 is 0 Å². The Labute approximate surface area is 107 Å². The lowest BCUT2D eigenvalue weighted by molar-refractivity contribution is 0.472. The van der Waals surface area contributed by atoms with Crippen molar-refractivity contribution in [2.75, 3.05) is 5.43 Å². The van der Waals surface area contributed by atoms with Crippen LogP contribution in [0.15, 0.2) is 52.2 Å². The van der Waals surface area contributed by atoms with E-state index in [9.17, 15) is 5.11 Å². The lowest BCUT2D eigenvalue weighted by Gasteiger charge is -1.99. The van der Waals surface area contributed by atoms with E-state index < -0.39 is 0 Å². The highest BCUT2D eigenvalue weighted by Crippen LogP contribution is 2.23. The molecule has 0 amide bonds. The molecule has 86 valence electrons. The monoisotopic (exact) mass is 291 g/mol. The van der Waals surface area contributed by atoms with E-state index in [-0.39, 0.29) is 5.75 Å². The second-order valence-electron chi connectivity index (χ2n) is 3.30. The molecular formula is C12H10BrN3O. The molecule has 1 aromatic heterocycles. The first-order valence-corrected chi connectivity index (χ1v) is 5.73. The van der Waals surface area contributed by atoms with E-state index in [1.165, 1.54) is 0 Å². The van der Waals surface area contributed by atoms with Crippen molar-refractivity contribution in [1.82, 2.24) is 4.98 Å². The van der Waals surface area contributed by atoms with Gasteiger partial charge in [0.25, 0.3) is 0 Å². The van der Waals surface area contributed by atoms with Crippen LogP contribution in [0.5, 0.6) is 5.75 Å². The number of aromatic nitrogens is 1. The van der Waals surface area contributed by atoms with Gasteiger partial charge in [0.2, 0.25) is 0 Å². The molecule has 1 aromatic carbocycles. The summed E-state index contributed by atoms with van der Waals surface area (Å²) in [6.45, 7) is 0. The molecule has 2 aromatic rings. The molecule has 17 heavy (non-hydrogen) atoms. The lowest BCUT2D eigenvalue weighted by Crippen LogP contribution is -1.92. The van der Waals surface area contributed by atoms with E-state index in [4.69, 9.17) is 0 Å². The molecule has 0 unspecified atom stereocenters. The Balaban J connectivity index is 2.03. The van der Waals surface area contributed by atoms with Crippen LogP contribution in [0, 0.1) is 0 Å². The summed E-state index contributed by atoms with van der Waals surface area (Å²) in [7, 11) is 0. The van der Waals surface area contributed by atoms with Gasteiger partial charge in [-0.05, 0) is 51.8 Å². The fraction of sp³-hybridized carbons (Fsp3) is 0. The molecule has 0 aliphatic carbocycles. The van der Waals surface area contributed by atoms with Gasteiger partial charge < -0.3 is 5.11 Å². The fourth-order valence-corrected chi connectivity index (χ4v) is 1.60. The molecule has 0 atom stereocenters. The van der Waals surface area contributed by atoms with Crippen LogP contribution in [0.2, 0.25) is 0 Å². The van der Waals surface area contributed by atoms with Gasteiger partial charge in [-0.15, -0.1) is 0 Å². The van der Waals surface area contributed by atoms with Crippen molar-refractivity contribution in [2.24, 2.45) is 5.10 Å². The SMILES string of the molecule is Oc1ccc(/C=N\Nc2ccccn2)cc1Br. The number of hydrazone groups is 1. The molecule has 0 aliphatic heterocycles. The second-order valence-corrected chi connectivity index (χ2v) is 4.15. The highest BCUT2D eigenvalue weighted by atomic mass is 79.9. The zero-order valence-corrected chi connectivity index (χ0v) is 10.4. The van der Waals surface area contributed by atoms with Crippen LogP contribution in [0.4, 0.5) is 5.82 Å².